The van der Waals surface area contributed by atoms with Gasteiger partial charge in [-0.2, -0.15) is 0 Å². The summed E-state index contributed by atoms with van der Waals surface area (Å²) in [4.78, 5) is 13.3. The van der Waals surface area contributed by atoms with Crippen LogP contribution in [0.1, 0.15) is 20.3 Å². The zero-order valence-corrected chi connectivity index (χ0v) is 12.6. The molecule has 0 fully saturated rings. The van der Waals surface area contributed by atoms with Crippen LogP contribution in [0.3, 0.4) is 0 Å². The van der Waals surface area contributed by atoms with Gasteiger partial charge in [-0.3, -0.25) is 4.79 Å². The third-order valence-electron chi connectivity index (χ3n) is 3.40. The van der Waals surface area contributed by atoms with E-state index in [0.717, 1.165) is 0 Å². The summed E-state index contributed by atoms with van der Waals surface area (Å²) < 4.78 is 16.4. The van der Waals surface area contributed by atoms with Gasteiger partial charge in [0.15, 0.2) is 0 Å². The summed E-state index contributed by atoms with van der Waals surface area (Å²) in [5.41, 5.74) is 0. The first kappa shape index (κ1) is 16.3. The van der Waals surface area contributed by atoms with Crippen molar-refractivity contribution >= 4 is 14.7 Å². The van der Waals surface area contributed by atoms with Crippen molar-refractivity contribution in [1.29, 1.82) is 0 Å². The van der Waals surface area contributed by atoms with Crippen LogP contribution < -0.4 is 0 Å². The highest BCUT2D eigenvalue weighted by molar-refractivity contribution is 6.64. The Balaban J connectivity index is 5.51. The van der Waals surface area contributed by atoms with Crippen molar-refractivity contribution < 1.29 is 18.1 Å². The molecule has 6 heteroatoms. The Labute approximate surface area is 105 Å². The maximum absolute atomic E-state index is 11.8. The lowest BCUT2D eigenvalue weighted by molar-refractivity contribution is -0.129. The number of likely N-dealkylation sites (N-methyl/N-ethyl adjacent to an activating group) is 1. The van der Waals surface area contributed by atoms with E-state index in [1.807, 2.05) is 13.8 Å². The molecule has 0 spiro atoms. The molecular weight excluding hydrogens is 238 g/mol. The molecule has 0 heterocycles. The van der Waals surface area contributed by atoms with Crippen LogP contribution >= 0.6 is 0 Å². The molecule has 1 amide bonds. The number of amides is 1. The van der Waals surface area contributed by atoms with Gasteiger partial charge in [-0.05, 0) is 19.4 Å². The molecule has 0 aliphatic heterocycles. The predicted octanol–water partition coefficient (Wildman–Crippen LogP) is 1.22. The summed E-state index contributed by atoms with van der Waals surface area (Å²) >= 11 is 0. The van der Waals surface area contributed by atoms with E-state index in [0.29, 0.717) is 6.42 Å². The highest BCUT2D eigenvalue weighted by atomic mass is 28.4. The molecule has 0 N–H and O–H groups in total. The van der Waals surface area contributed by atoms with E-state index in [-0.39, 0.29) is 5.91 Å². The lowest BCUT2D eigenvalue weighted by Gasteiger charge is -2.45. The van der Waals surface area contributed by atoms with Crippen molar-refractivity contribution in [1.82, 2.24) is 4.90 Å². The Bertz CT molecular complexity index is 272. The third kappa shape index (κ3) is 2.60. The molecule has 5 nitrogen and oxygen atoms in total. The number of carbonyl (C=O) groups excluding carboxylic acids is 1. The molecular formula is C11H23NO4Si. The molecule has 17 heavy (non-hydrogen) atoms. The molecule has 1 atom stereocenters. The van der Waals surface area contributed by atoms with Crippen molar-refractivity contribution in [3.8, 4) is 0 Å². The molecule has 0 aliphatic carbocycles. The molecule has 0 aromatic carbocycles. The highest BCUT2D eigenvalue weighted by Gasteiger charge is 2.59. The van der Waals surface area contributed by atoms with Gasteiger partial charge in [-0.1, -0.05) is 13.5 Å². The lowest BCUT2D eigenvalue weighted by Crippen LogP contribution is -2.69. The van der Waals surface area contributed by atoms with Gasteiger partial charge in [0.2, 0.25) is 5.91 Å². The quantitative estimate of drug-likeness (QED) is 0.511. The fraction of sp³-hybridized carbons (Fsp3) is 0.727. The van der Waals surface area contributed by atoms with Gasteiger partial charge in [-0.25, -0.2) is 0 Å². The van der Waals surface area contributed by atoms with Gasteiger partial charge in [0.25, 0.3) is 0 Å². The van der Waals surface area contributed by atoms with E-state index in [9.17, 15) is 4.79 Å². The normalized spacial score (nSPS) is 15.2. The molecule has 0 aromatic heterocycles. The summed E-state index contributed by atoms with van der Waals surface area (Å²) in [6, 6.07) is 0. The second-order valence-electron chi connectivity index (χ2n) is 3.90. The van der Waals surface area contributed by atoms with Crippen LogP contribution in [0.15, 0.2) is 12.7 Å². The van der Waals surface area contributed by atoms with Crippen molar-refractivity contribution in [2.24, 2.45) is 0 Å². The van der Waals surface area contributed by atoms with E-state index in [2.05, 4.69) is 6.58 Å². The Morgan fingerprint density at radius 2 is 1.76 bits per heavy atom. The minimum atomic E-state index is -2.96. The molecule has 1 unspecified atom stereocenters. The molecule has 100 valence electrons. The van der Waals surface area contributed by atoms with E-state index in [4.69, 9.17) is 13.3 Å². The van der Waals surface area contributed by atoms with E-state index < -0.39 is 14.0 Å². The summed E-state index contributed by atoms with van der Waals surface area (Å²) in [6.45, 7) is 7.35. The molecule has 0 saturated carbocycles. The van der Waals surface area contributed by atoms with Crippen LogP contribution in [-0.4, -0.2) is 53.2 Å². The SMILES string of the molecule is C=CC(=O)N(C)C(C)(CC)[Si](OC)(OC)OC. The van der Waals surface area contributed by atoms with Crippen molar-refractivity contribution in [3.63, 3.8) is 0 Å². The van der Waals surface area contributed by atoms with Crippen molar-refractivity contribution in [2.75, 3.05) is 28.4 Å². The zero-order chi connectivity index (χ0) is 13.7. The van der Waals surface area contributed by atoms with Crippen molar-refractivity contribution in [2.45, 2.75) is 25.4 Å². The second kappa shape index (κ2) is 6.30. The van der Waals surface area contributed by atoms with Gasteiger partial charge in [0.1, 0.15) is 5.16 Å². The minimum absolute atomic E-state index is 0.183. The maximum Gasteiger partial charge on any atom is 0.526 e. The number of hydrogen-bond acceptors (Lipinski definition) is 4. The van der Waals surface area contributed by atoms with Gasteiger partial charge >= 0.3 is 8.80 Å². The summed E-state index contributed by atoms with van der Waals surface area (Å²) in [6.07, 6.45) is 1.93. The Morgan fingerprint density at radius 3 is 2.00 bits per heavy atom. The maximum atomic E-state index is 11.8. The van der Waals surface area contributed by atoms with Crippen LogP contribution in [-0.2, 0) is 18.1 Å². The van der Waals surface area contributed by atoms with Gasteiger partial charge in [-0.15, -0.1) is 0 Å². The smallest absolute Gasteiger partial charge is 0.375 e. The van der Waals surface area contributed by atoms with Gasteiger partial charge in [0.05, 0.1) is 0 Å². The van der Waals surface area contributed by atoms with Gasteiger partial charge < -0.3 is 18.2 Å². The monoisotopic (exact) mass is 261 g/mol. The first-order valence-electron chi connectivity index (χ1n) is 5.44. The topological polar surface area (TPSA) is 48.0 Å². The molecule has 0 radical (unpaired) electrons. The first-order valence-corrected chi connectivity index (χ1v) is 7.17. The standard InChI is InChI=1S/C11H23NO4Si/c1-8-10(13)12(4)11(3,9-2)17(14-5,15-6)16-7/h8H,1,9H2,2-7H3. The average Bonchev–Trinajstić information content (AvgIpc) is 2.38. The molecule has 0 rings (SSSR count). The first-order chi connectivity index (χ1) is 7.88. The van der Waals surface area contributed by atoms with E-state index in [1.165, 1.54) is 6.08 Å². The van der Waals surface area contributed by atoms with Crippen LogP contribution in [0.2, 0.25) is 0 Å². The largest absolute Gasteiger partial charge is 0.526 e. The van der Waals surface area contributed by atoms with Crippen molar-refractivity contribution in [3.05, 3.63) is 12.7 Å². The third-order valence-corrected chi connectivity index (χ3v) is 7.02. The van der Waals surface area contributed by atoms with Crippen LogP contribution in [0.4, 0.5) is 0 Å². The molecule has 0 bridgehead atoms. The Hall–Kier alpha value is -0.693. The lowest BCUT2D eigenvalue weighted by atomic mass is 10.2. The fourth-order valence-electron chi connectivity index (χ4n) is 1.95. The number of carbonyl (C=O) groups is 1. The zero-order valence-electron chi connectivity index (χ0n) is 11.6. The number of rotatable bonds is 7. The second-order valence-corrected chi connectivity index (χ2v) is 7.31. The van der Waals surface area contributed by atoms with E-state index in [1.54, 1.807) is 33.3 Å². The van der Waals surface area contributed by atoms with Crippen LogP contribution in [0, 0.1) is 0 Å². The molecule has 0 aliphatic rings. The minimum Gasteiger partial charge on any atom is -0.375 e. The Morgan fingerprint density at radius 1 is 1.35 bits per heavy atom. The predicted molar refractivity (Wildman–Crippen MR) is 68.4 cm³/mol. The number of hydrogen-bond donors (Lipinski definition) is 0. The van der Waals surface area contributed by atoms with Crippen LogP contribution in [0.25, 0.3) is 0 Å². The highest BCUT2D eigenvalue weighted by Crippen LogP contribution is 2.31. The summed E-state index contributed by atoms with van der Waals surface area (Å²) in [5, 5.41) is -0.628. The average molecular weight is 261 g/mol. The summed E-state index contributed by atoms with van der Waals surface area (Å²) in [7, 11) is 3.37. The Kier molecular flexibility index (Phi) is 6.04. The number of nitrogens with zero attached hydrogens (tertiary/aromatic N) is 1. The fourth-order valence-corrected chi connectivity index (χ4v) is 4.72. The van der Waals surface area contributed by atoms with Gasteiger partial charge in [0, 0.05) is 28.4 Å². The molecule has 0 aromatic rings. The summed E-state index contributed by atoms with van der Waals surface area (Å²) in [5.74, 6) is -0.183. The molecule has 0 saturated heterocycles. The van der Waals surface area contributed by atoms with E-state index >= 15 is 0 Å². The van der Waals surface area contributed by atoms with Crippen LogP contribution in [0.5, 0.6) is 0 Å².